The van der Waals surface area contributed by atoms with E-state index < -0.39 is 10.8 Å². The molecule has 1 saturated heterocycles. The number of morpholine rings is 1. The van der Waals surface area contributed by atoms with Crippen LogP contribution >= 0.6 is 11.6 Å². The zero-order valence-electron chi connectivity index (χ0n) is 14.1. The van der Waals surface area contributed by atoms with E-state index in [1.165, 1.54) is 41.3 Å². The van der Waals surface area contributed by atoms with Crippen molar-refractivity contribution in [2.24, 2.45) is 0 Å². The van der Waals surface area contributed by atoms with Gasteiger partial charge in [-0.25, -0.2) is 0 Å². The summed E-state index contributed by atoms with van der Waals surface area (Å²) in [5.74, 6) is 0.0735. The fraction of sp³-hybridized carbons (Fsp3) is 0.222. The van der Waals surface area contributed by atoms with Crippen molar-refractivity contribution >= 4 is 29.3 Å². The van der Waals surface area contributed by atoms with Crippen LogP contribution < -0.4 is 0 Å². The minimum Gasteiger partial charge on any atom is -0.456 e. The molecule has 1 amide bonds. The number of nitro benzene ring substituents is 1. The Balaban J connectivity index is 1.89. The van der Waals surface area contributed by atoms with Crippen molar-refractivity contribution in [3.05, 3.63) is 56.8 Å². The number of nitriles is 1. The molecule has 2 heterocycles. The van der Waals surface area contributed by atoms with Crippen LogP contribution in [0.25, 0.3) is 17.4 Å². The largest absolute Gasteiger partial charge is 0.456 e. The Morgan fingerprint density at radius 1 is 1.30 bits per heavy atom. The Morgan fingerprint density at radius 3 is 2.70 bits per heavy atom. The maximum Gasteiger partial charge on any atom is 0.281 e. The molecule has 0 N–H and O–H groups in total. The molecule has 0 unspecified atom stereocenters. The van der Waals surface area contributed by atoms with Gasteiger partial charge in [0.2, 0.25) is 0 Å². The lowest BCUT2D eigenvalue weighted by Crippen LogP contribution is -2.41. The summed E-state index contributed by atoms with van der Waals surface area (Å²) in [6.07, 6.45) is 1.32. The van der Waals surface area contributed by atoms with E-state index in [0.717, 1.165) is 0 Å². The molecule has 0 aliphatic carbocycles. The molecule has 1 aromatic carbocycles. The molecule has 27 heavy (non-hydrogen) atoms. The summed E-state index contributed by atoms with van der Waals surface area (Å²) in [4.78, 5) is 24.6. The van der Waals surface area contributed by atoms with Crippen LogP contribution in [-0.2, 0) is 9.53 Å². The van der Waals surface area contributed by atoms with Gasteiger partial charge in [-0.3, -0.25) is 14.9 Å². The molecule has 8 nitrogen and oxygen atoms in total. The monoisotopic (exact) mass is 387 g/mol. The van der Waals surface area contributed by atoms with Crippen LogP contribution in [-0.4, -0.2) is 42.0 Å². The lowest BCUT2D eigenvalue weighted by atomic mass is 10.1. The highest BCUT2D eigenvalue weighted by Crippen LogP contribution is 2.33. The van der Waals surface area contributed by atoms with Crippen LogP contribution in [0.1, 0.15) is 5.76 Å². The van der Waals surface area contributed by atoms with Gasteiger partial charge >= 0.3 is 0 Å². The van der Waals surface area contributed by atoms with E-state index in [0.29, 0.717) is 26.3 Å². The first-order valence-electron chi connectivity index (χ1n) is 8.02. The summed E-state index contributed by atoms with van der Waals surface area (Å²) in [5, 5.41) is 20.8. The summed E-state index contributed by atoms with van der Waals surface area (Å²) < 4.78 is 10.8. The van der Waals surface area contributed by atoms with Crippen LogP contribution in [0.3, 0.4) is 0 Å². The van der Waals surface area contributed by atoms with Crippen LogP contribution in [0.5, 0.6) is 0 Å². The zero-order valence-corrected chi connectivity index (χ0v) is 14.8. The SMILES string of the molecule is N#C/C(=C\c1ccc(-c2ccc(Cl)cc2[N+](=O)[O-])o1)C(=O)N1CCOCC1. The molecule has 0 bridgehead atoms. The predicted molar refractivity (Wildman–Crippen MR) is 96.8 cm³/mol. The van der Waals surface area contributed by atoms with Crippen LogP contribution in [0.4, 0.5) is 5.69 Å². The van der Waals surface area contributed by atoms with Crippen molar-refractivity contribution in [2.75, 3.05) is 26.3 Å². The zero-order chi connectivity index (χ0) is 19.4. The Hall–Kier alpha value is -3.15. The topological polar surface area (TPSA) is 110 Å². The second-order valence-corrected chi connectivity index (χ2v) is 6.13. The van der Waals surface area contributed by atoms with Gasteiger partial charge in [0.05, 0.1) is 23.7 Å². The molecule has 1 aliphatic heterocycles. The second kappa shape index (κ2) is 8.03. The lowest BCUT2D eigenvalue weighted by molar-refractivity contribution is -0.384. The van der Waals surface area contributed by atoms with E-state index in [1.54, 1.807) is 0 Å². The molecule has 3 rings (SSSR count). The van der Waals surface area contributed by atoms with Crippen molar-refractivity contribution < 1.29 is 18.9 Å². The third-order valence-electron chi connectivity index (χ3n) is 3.98. The van der Waals surface area contributed by atoms with E-state index in [2.05, 4.69) is 0 Å². The number of halogens is 1. The summed E-state index contributed by atoms with van der Waals surface area (Å²) in [6.45, 7) is 1.68. The number of amides is 1. The minimum absolute atomic E-state index is 0.0802. The van der Waals surface area contributed by atoms with Crippen molar-refractivity contribution in [1.29, 1.82) is 5.26 Å². The summed E-state index contributed by atoms with van der Waals surface area (Å²) in [5.41, 5.74) is -0.0252. The van der Waals surface area contributed by atoms with Crippen molar-refractivity contribution in [3.63, 3.8) is 0 Å². The summed E-state index contributed by atoms with van der Waals surface area (Å²) >= 11 is 5.82. The summed E-state index contributed by atoms with van der Waals surface area (Å²) in [7, 11) is 0. The fourth-order valence-corrected chi connectivity index (χ4v) is 2.83. The maximum atomic E-state index is 12.4. The molecule has 138 valence electrons. The highest BCUT2D eigenvalue weighted by molar-refractivity contribution is 6.30. The number of hydrogen-bond donors (Lipinski definition) is 0. The highest BCUT2D eigenvalue weighted by Gasteiger charge is 2.22. The molecule has 0 spiro atoms. The number of carbonyl (C=O) groups excluding carboxylic acids is 1. The molecule has 2 aromatic rings. The molecule has 9 heteroatoms. The predicted octanol–water partition coefficient (Wildman–Crippen LogP) is 3.27. The highest BCUT2D eigenvalue weighted by atomic mass is 35.5. The van der Waals surface area contributed by atoms with Gasteiger partial charge in [-0.05, 0) is 24.3 Å². The first-order valence-corrected chi connectivity index (χ1v) is 8.40. The van der Waals surface area contributed by atoms with Crippen LogP contribution in [0.15, 0.2) is 40.3 Å². The van der Waals surface area contributed by atoms with Gasteiger partial charge in [0.25, 0.3) is 11.6 Å². The Kier molecular flexibility index (Phi) is 5.54. The van der Waals surface area contributed by atoms with Gasteiger partial charge in [0.1, 0.15) is 23.2 Å². The van der Waals surface area contributed by atoms with Crippen LogP contribution in [0, 0.1) is 21.4 Å². The minimum atomic E-state index is -0.554. The fourth-order valence-electron chi connectivity index (χ4n) is 2.66. The molecular weight excluding hydrogens is 374 g/mol. The smallest absolute Gasteiger partial charge is 0.281 e. The van der Waals surface area contributed by atoms with Gasteiger partial charge in [-0.1, -0.05) is 11.6 Å². The normalized spacial score (nSPS) is 14.7. The molecule has 0 saturated carbocycles. The second-order valence-electron chi connectivity index (χ2n) is 5.69. The molecule has 1 aromatic heterocycles. The standard InChI is InChI=1S/C18H14ClN3O5/c19-13-1-3-15(16(10-13)22(24)25)17-4-2-14(27-17)9-12(11-20)18(23)21-5-7-26-8-6-21/h1-4,9-10H,5-8H2/b12-9+. The average molecular weight is 388 g/mol. The third kappa shape index (κ3) is 4.16. The average Bonchev–Trinajstić information content (AvgIpc) is 3.14. The van der Waals surface area contributed by atoms with E-state index in [4.69, 9.17) is 20.8 Å². The van der Waals surface area contributed by atoms with E-state index >= 15 is 0 Å². The number of hydrogen-bond acceptors (Lipinski definition) is 6. The molecule has 0 radical (unpaired) electrons. The van der Waals surface area contributed by atoms with Gasteiger partial charge in [0, 0.05) is 30.3 Å². The Labute approximate surface area is 159 Å². The first kappa shape index (κ1) is 18.6. The van der Waals surface area contributed by atoms with Gasteiger partial charge in [0.15, 0.2) is 0 Å². The molecule has 0 atom stereocenters. The number of rotatable bonds is 4. The quantitative estimate of drug-likeness (QED) is 0.344. The molecule has 1 fully saturated rings. The first-order chi connectivity index (χ1) is 13.0. The van der Waals surface area contributed by atoms with Gasteiger partial charge in [-0.2, -0.15) is 5.26 Å². The number of ether oxygens (including phenoxy) is 1. The number of benzene rings is 1. The van der Waals surface area contributed by atoms with Crippen molar-refractivity contribution in [3.8, 4) is 17.4 Å². The molecular formula is C18H14ClN3O5. The number of nitrogens with zero attached hydrogens (tertiary/aromatic N) is 3. The molecule has 1 aliphatic rings. The van der Waals surface area contributed by atoms with Crippen molar-refractivity contribution in [1.82, 2.24) is 4.90 Å². The lowest BCUT2D eigenvalue weighted by Gasteiger charge is -2.26. The Bertz CT molecular complexity index is 954. The van der Waals surface area contributed by atoms with Crippen LogP contribution in [0.2, 0.25) is 5.02 Å². The summed E-state index contributed by atoms with van der Waals surface area (Å²) in [6, 6.07) is 9.19. The van der Waals surface area contributed by atoms with Gasteiger partial charge in [-0.15, -0.1) is 0 Å². The maximum absolute atomic E-state index is 12.4. The number of carbonyl (C=O) groups is 1. The van der Waals surface area contributed by atoms with E-state index in [1.807, 2.05) is 6.07 Å². The van der Waals surface area contributed by atoms with E-state index in [9.17, 15) is 20.2 Å². The third-order valence-corrected chi connectivity index (χ3v) is 4.22. The number of nitro groups is 1. The Morgan fingerprint density at radius 2 is 2.04 bits per heavy atom. The number of furan rings is 1. The van der Waals surface area contributed by atoms with Crippen molar-refractivity contribution in [2.45, 2.75) is 0 Å². The van der Waals surface area contributed by atoms with Gasteiger partial charge < -0.3 is 14.1 Å². The van der Waals surface area contributed by atoms with E-state index in [-0.39, 0.29) is 33.4 Å².